The Labute approximate surface area is 166 Å². The molecule has 0 spiro atoms. The number of hydrogen-bond acceptors (Lipinski definition) is 4. The van der Waals surface area contributed by atoms with Crippen LogP contribution in [0.25, 0.3) is 22.8 Å². The van der Waals surface area contributed by atoms with Crippen LogP contribution in [0.2, 0.25) is 0 Å². The molecule has 148 valence electrons. The number of piperidine rings is 1. The van der Waals surface area contributed by atoms with Crippen LogP contribution in [-0.4, -0.2) is 54.8 Å². The molecule has 1 saturated heterocycles. The minimum absolute atomic E-state index is 0.242. The molecule has 28 heavy (non-hydrogen) atoms. The van der Waals surface area contributed by atoms with Crippen molar-refractivity contribution in [3.05, 3.63) is 49.1 Å². The van der Waals surface area contributed by atoms with Gasteiger partial charge in [0.05, 0.1) is 18.6 Å². The lowest BCUT2D eigenvalue weighted by Gasteiger charge is -2.34. The van der Waals surface area contributed by atoms with Gasteiger partial charge in [-0.05, 0) is 26.3 Å². The van der Waals surface area contributed by atoms with Crippen LogP contribution in [0.4, 0.5) is 0 Å². The Balaban J connectivity index is 1.66. The number of aliphatic hydroxyl groups excluding tert-OH is 1. The molecule has 1 aliphatic heterocycles. The predicted octanol–water partition coefficient (Wildman–Crippen LogP) is 3.28. The van der Waals surface area contributed by atoms with Crippen LogP contribution in [0.3, 0.4) is 0 Å². The molecule has 3 heterocycles. The average Bonchev–Trinajstić information content (AvgIpc) is 3.39. The molecule has 1 N–H and O–H groups in total. The van der Waals surface area contributed by atoms with Crippen molar-refractivity contribution < 1.29 is 5.11 Å². The summed E-state index contributed by atoms with van der Waals surface area (Å²) in [4.78, 5) is 11.8. The number of aryl methyl sites for hydroxylation is 1. The lowest BCUT2D eigenvalue weighted by molar-refractivity contribution is 0.0872. The number of nitrogens with zero attached hydrogens (tertiary/aromatic N) is 5. The third kappa shape index (κ3) is 3.75. The quantitative estimate of drug-likeness (QED) is 0.684. The van der Waals surface area contributed by atoms with E-state index in [1.165, 1.54) is 12.8 Å². The molecule has 3 aromatic rings. The average molecular weight is 380 g/mol. The molecule has 0 amide bonds. The molecular formula is C22H29N5O. The van der Waals surface area contributed by atoms with E-state index in [-0.39, 0.29) is 12.6 Å². The fourth-order valence-corrected chi connectivity index (χ4v) is 4.17. The zero-order valence-electron chi connectivity index (χ0n) is 16.5. The molecule has 1 aliphatic rings. The predicted molar refractivity (Wildman–Crippen MR) is 111 cm³/mol. The fourth-order valence-electron chi connectivity index (χ4n) is 4.17. The first kappa shape index (κ1) is 18.9. The van der Waals surface area contributed by atoms with Gasteiger partial charge in [0.2, 0.25) is 0 Å². The Kier molecular flexibility index (Phi) is 5.88. The lowest BCUT2D eigenvalue weighted by Crippen LogP contribution is -2.43. The molecule has 0 radical (unpaired) electrons. The van der Waals surface area contributed by atoms with Gasteiger partial charge in [-0.2, -0.15) is 0 Å². The molecule has 0 unspecified atom stereocenters. The van der Waals surface area contributed by atoms with E-state index in [1.54, 1.807) is 0 Å². The lowest BCUT2D eigenvalue weighted by atomic mass is 10.0. The molecule has 6 heteroatoms. The number of aromatic nitrogens is 4. The topological polar surface area (TPSA) is 59.1 Å². The highest BCUT2D eigenvalue weighted by atomic mass is 16.3. The second-order valence-electron chi connectivity index (χ2n) is 7.41. The Morgan fingerprint density at radius 1 is 1.07 bits per heavy atom. The van der Waals surface area contributed by atoms with Crippen LogP contribution in [0.1, 0.15) is 26.2 Å². The first-order valence-corrected chi connectivity index (χ1v) is 10.3. The maximum atomic E-state index is 9.71. The highest BCUT2D eigenvalue weighted by Crippen LogP contribution is 2.30. The van der Waals surface area contributed by atoms with Crippen LogP contribution >= 0.6 is 0 Å². The third-order valence-corrected chi connectivity index (χ3v) is 5.74. The number of imidazole rings is 2. The molecule has 2 aromatic heterocycles. The van der Waals surface area contributed by atoms with E-state index in [2.05, 4.69) is 38.1 Å². The van der Waals surface area contributed by atoms with Crippen LogP contribution in [-0.2, 0) is 13.1 Å². The first-order valence-electron chi connectivity index (χ1n) is 10.3. The van der Waals surface area contributed by atoms with Gasteiger partial charge in [-0.25, -0.2) is 9.97 Å². The van der Waals surface area contributed by atoms with E-state index in [0.29, 0.717) is 0 Å². The van der Waals surface area contributed by atoms with Gasteiger partial charge < -0.3 is 14.2 Å². The van der Waals surface area contributed by atoms with E-state index in [0.717, 1.165) is 55.4 Å². The summed E-state index contributed by atoms with van der Waals surface area (Å²) < 4.78 is 4.39. The normalized spacial score (nSPS) is 17.9. The summed E-state index contributed by atoms with van der Waals surface area (Å²) in [7, 11) is 0. The van der Waals surface area contributed by atoms with Crippen LogP contribution in [0, 0.1) is 0 Å². The van der Waals surface area contributed by atoms with Crippen LogP contribution < -0.4 is 0 Å². The molecule has 0 saturated carbocycles. The van der Waals surface area contributed by atoms with E-state index in [9.17, 15) is 5.11 Å². The van der Waals surface area contributed by atoms with Gasteiger partial charge in [0.1, 0.15) is 5.69 Å². The second kappa shape index (κ2) is 8.71. The molecule has 1 aromatic carbocycles. The molecule has 4 rings (SSSR count). The summed E-state index contributed by atoms with van der Waals surface area (Å²) >= 11 is 0. The summed E-state index contributed by atoms with van der Waals surface area (Å²) in [6.45, 7) is 6.05. The zero-order valence-corrected chi connectivity index (χ0v) is 16.5. The first-order chi connectivity index (χ1) is 13.8. The van der Waals surface area contributed by atoms with Crippen molar-refractivity contribution in [3.63, 3.8) is 0 Å². The van der Waals surface area contributed by atoms with Crippen molar-refractivity contribution in [2.24, 2.45) is 0 Å². The van der Waals surface area contributed by atoms with E-state index in [4.69, 9.17) is 4.98 Å². The Morgan fingerprint density at radius 3 is 2.71 bits per heavy atom. The summed E-state index contributed by atoms with van der Waals surface area (Å²) in [5.41, 5.74) is 3.14. The van der Waals surface area contributed by atoms with Gasteiger partial charge in [0.25, 0.3) is 0 Å². The monoisotopic (exact) mass is 379 g/mol. The number of aliphatic hydroxyl groups is 1. The van der Waals surface area contributed by atoms with Gasteiger partial charge in [-0.3, -0.25) is 4.90 Å². The van der Waals surface area contributed by atoms with Crippen molar-refractivity contribution >= 4 is 0 Å². The molecule has 1 atom stereocenters. The molecule has 0 aliphatic carbocycles. The Hall–Kier alpha value is -2.44. The number of rotatable bonds is 7. The molecular weight excluding hydrogens is 350 g/mol. The maximum Gasteiger partial charge on any atom is 0.158 e. The summed E-state index contributed by atoms with van der Waals surface area (Å²) in [6, 6.07) is 10.6. The van der Waals surface area contributed by atoms with Crippen LogP contribution in [0.5, 0.6) is 0 Å². The third-order valence-electron chi connectivity index (χ3n) is 5.74. The van der Waals surface area contributed by atoms with E-state index < -0.39 is 0 Å². The molecule has 6 nitrogen and oxygen atoms in total. The smallest absolute Gasteiger partial charge is 0.158 e. The minimum Gasteiger partial charge on any atom is -0.395 e. The molecule has 1 fully saturated rings. The van der Waals surface area contributed by atoms with Crippen molar-refractivity contribution in [2.45, 2.75) is 45.3 Å². The van der Waals surface area contributed by atoms with E-state index >= 15 is 0 Å². The highest BCUT2D eigenvalue weighted by molar-refractivity contribution is 5.75. The minimum atomic E-state index is 0.242. The van der Waals surface area contributed by atoms with Crippen molar-refractivity contribution in [1.82, 2.24) is 24.0 Å². The number of benzene rings is 1. The van der Waals surface area contributed by atoms with Crippen molar-refractivity contribution in [1.29, 1.82) is 0 Å². The number of hydrogen-bond donors (Lipinski definition) is 1. The van der Waals surface area contributed by atoms with Gasteiger partial charge in [0.15, 0.2) is 5.82 Å². The fraction of sp³-hybridized carbons (Fsp3) is 0.455. The van der Waals surface area contributed by atoms with Gasteiger partial charge in [-0.1, -0.05) is 36.8 Å². The highest BCUT2D eigenvalue weighted by Gasteiger charge is 2.23. The van der Waals surface area contributed by atoms with Gasteiger partial charge in [-0.15, -0.1) is 0 Å². The molecule has 0 bridgehead atoms. The maximum absolute atomic E-state index is 9.71. The van der Waals surface area contributed by atoms with Gasteiger partial charge >= 0.3 is 0 Å². The zero-order chi connectivity index (χ0) is 19.3. The largest absolute Gasteiger partial charge is 0.395 e. The number of likely N-dealkylation sites (tertiary alicyclic amines) is 1. The Bertz CT molecular complexity index is 885. The standard InChI is InChI=1S/C22H29N5O/c1-2-25-13-11-23-22(25)21-20(18-8-4-3-5-9-18)24-17-27(21)15-14-26-12-7-6-10-19(26)16-28/h3-5,8-9,11,13,17,19,28H,2,6-7,10,12,14-16H2,1H3/t19-/m0/s1. The SMILES string of the molecule is CCn1ccnc1-c1c(-c2ccccc2)ncn1CCN1CCCC[C@H]1CO. The summed E-state index contributed by atoms with van der Waals surface area (Å²) in [6.07, 6.45) is 9.32. The summed E-state index contributed by atoms with van der Waals surface area (Å²) in [5.74, 6) is 0.955. The van der Waals surface area contributed by atoms with E-state index in [1.807, 2.05) is 36.9 Å². The van der Waals surface area contributed by atoms with Crippen molar-refractivity contribution in [3.8, 4) is 22.8 Å². The second-order valence-corrected chi connectivity index (χ2v) is 7.41. The summed E-state index contributed by atoms with van der Waals surface area (Å²) in [5, 5.41) is 9.71. The Morgan fingerprint density at radius 2 is 1.93 bits per heavy atom. The van der Waals surface area contributed by atoms with Gasteiger partial charge in [0, 0.05) is 43.6 Å². The van der Waals surface area contributed by atoms with Crippen LogP contribution in [0.15, 0.2) is 49.1 Å². The van der Waals surface area contributed by atoms with Crippen molar-refractivity contribution in [2.75, 3.05) is 19.7 Å².